The van der Waals surface area contributed by atoms with Crippen LogP contribution in [0.4, 0.5) is 0 Å². The summed E-state index contributed by atoms with van der Waals surface area (Å²) < 4.78 is 7.36. The molecule has 1 aliphatic heterocycles. The van der Waals surface area contributed by atoms with Crippen LogP contribution in [0.3, 0.4) is 0 Å². The number of nitrogens with zero attached hydrogens (tertiary/aromatic N) is 7. The highest BCUT2D eigenvalue weighted by Gasteiger charge is 2.35. The fourth-order valence-corrected chi connectivity index (χ4v) is 4.75. The Labute approximate surface area is 199 Å². The quantitative estimate of drug-likeness (QED) is 0.412. The average Bonchev–Trinajstić information content (AvgIpc) is 3.43. The van der Waals surface area contributed by atoms with Crippen LogP contribution in [0.5, 0.6) is 0 Å². The molecule has 4 aromatic heterocycles. The molecule has 0 bridgehead atoms. The van der Waals surface area contributed by atoms with Crippen LogP contribution in [-0.4, -0.2) is 53.6 Å². The maximum absolute atomic E-state index is 13.1. The lowest BCUT2D eigenvalue weighted by molar-refractivity contribution is -0.117. The van der Waals surface area contributed by atoms with Gasteiger partial charge in [-0.3, -0.25) is 4.79 Å². The fourth-order valence-electron chi connectivity index (χ4n) is 4.31. The molecule has 5 heterocycles. The lowest BCUT2D eigenvalue weighted by atomic mass is 9.76. The van der Waals surface area contributed by atoms with Crippen molar-refractivity contribution >= 4 is 34.6 Å². The van der Waals surface area contributed by atoms with Crippen molar-refractivity contribution in [2.24, 2.45) is 0 Å². The van der Waals surface area contributed by atoms with E-state index in [2.05, 4.69) is 32.2 Å². The molecule has 5 rings (SSSR count). The molecule has 0 aromatic carbocycles. The average molecular weight is 486 g/mol. The highest BCUT2D eigenvalue weighted by Crippen LogP contribution is 2.37. The van der Waals surface area contributed by atoms with E-state index in [4.69, 9.17) is 27.9 Å². The van der Waals surface area contributed by atoms with Crippen LogP contribution < -0.4 is 0 Å². The number of fused-ring (bicyclic) bond motifs is 1. The number of carbonyl (C=O) groups excluding carboxylic acids is 1. The lowest BCUT2D eigenvalue weighted by Crippen LogP contribution is -2.34. The molecule has 9 nitrogen and oxygen atoms in total. The second-order valence-electron chi connectivity index (χ2n) is 8.40. The monoisotopic (exact) mass is 485 g/mol. The topological polar surface area (TPSA) is 100 Å². The Kier molecular flexibility index (Phi) is 5.86. The minimum atomic E-state index is -0.201. The van der Waals surface area contributed by atoms with Gasteiger partial charge in [-0.05, 0) is 24.5 Å². The molecule has 0 spiro atoms. The predicted molar refractivity (Wildman–Crippen MR) is 122 cm³/mol. The van der Waals surface area contributed by atoms with E-state index in [1.807, 2.05) is 0 Å². The molecule has 1 saturated heterocycles. The van der Waals surface area contributed by atoms with Gasteiger partial charge in [-0.1, -0.05) is 30.1 Å². The molecule has 33 heavy (non-hydrogen) atoms. The van der Waals surface area contributed by atoms with Crippen molar-refractivity contribution in [1.29, 1.82) is 0 Å². The summed E-state index contributed by atoms with van der Waals surface area (Å²) in [5.74, 6) is 0.437. The molecule has 0 saturated carbocycles. The van der Waals surface area contributed by atoms with Crippen LogP contribution in [0.15, 0.2) is 36.9 Å². The molecule has 0 radical (unpaired) electrons. The Hall–Kier alpha value is -2.88. The third-order valence-electron chi connectivity index (χ3n) is 5.97. The largest absolute Gasteiger partial charge is 0.381 e. The van der Waals surface area contributed by atoms with Crippen LogP contribution in [0.2, 0.25) is 10.2 Å². The maximum Gasteiger partial charge on any atom is 0.193 e. The van der Waals surface area contributed by atoms with Gasteiger partial charge in [0, 0.05) is 55.5 Å². The van der Waals surface area contributed by atoms with Crippen molar-refractivity contribution in [3.8, 4) is 5.82 Å². The second kappa shape index (κ2) is 8.81. The number of ether oxygens (including phenoxy) is 1. The molecular formula is C22H21Cl2N7O2. The summed E-state index contributed by atoms with van der Waals surface area (Å²) in [7, 11) is 0. The van der Waals surface area contributed by atoms with Gasteiger partial charge in [-0.2, -0.15) is 15.3 Å². The zero-order valence-electron chi connectivity index (χ0n) is 17.9. The van der Waals surface area contributed by atoms with Crippen molar-refractivity contribution in [2.45, 2.75) is 38.0 Å². The number of rotatable bonds is 6. The number of ketones is 1. The van der Waals surface area contributed by atoms with Crippen molar-refractivity contribution < 1.29 is 9.53 Å². The molecule has 170 valence electrons. The number of carbonyl (C=O) groups is 1. The van der Waals surface area contributed by atoms with Gasteiger partial charge in [-0.15, -0.1) is 4.80 Å². The summed E-state index contributed by atoms with van der Waals surface area (Å²) in [5, 5.41) is 13.3. The fraction of sp³-hybridized carbons (Fsp3) is 0.364. The van der Waals surface area contributed by atoms with Crippen LogP contribution in [-0.2, 0) is 27.8 Å². The van der Waals surface area contributed by atoms with Gasteiger partial charge in [0.25, 0.3) is 0 Å². The zero-order chi connectivity index (χ0) is 23.0. The van der Waals surface area contributed by atoms with E-state index in [-0.39, 0.29) is 24.0 Å². The molecule has 1 aliphatic rings. The normalized spacial score (nSPS) is 15.7. The third kappa shape index (κ3) is 4.36. The first-order valence-electron chi connectivity index (χ1n) is 10.6. The summed E-state index contributed by atoms with van der Waals surface area (Å²) >= 11 is 12.5. The number of hydrogen-bond acceptors (Lipinski definition) is 7. The predicted octanol–water partition coefficient (Wildman–Crippen LogP) is 3.43. The zero-order valence-corrected chi connectivity index (χ0v) is 19.4. The van der Waals surface area contributed by atoms with Gasteiger partial charge in [0.2, 0.25) is 0 Å². The van der Waals surface area contributed by atoms with E-state index in [1.54, 1.807) is 41.4 Å². The van der Waals surface area contributed by atoms with Crippen LogP contribution in [0.25, 0.3) is 11.5 Å². The third-order valence-corrected chi connectivity index (χ3v) is 6.44. The Morgan fingerprint density at radius 2 is 1.85 bits per heavy atom. The van der Waals surface area contributed by atoms with Gasteiger partial charge in [0.15, 0.2) is 16.6 Å². The van der Waals surface area contributed by atoms with Crippen LogP contribution in [0.1, 0.15) is 36.6 Å². The Balaban J connectivity index is 1.43. The number of Topliss-reactive ketones (excluding diaryl/α,β-unsaturated/α-hetero) is 1. The summed E-state index contributed by atoms with van der Waals surface area (Å²) in [6, 6.07) is 3.45. The molecule has 0 atom stereocenters. The smallest absolute Gasteiger partial charge is 0.193 e. The minimum Gasteiger partial charge on any atom is -0.381 e. The first kappa shape index (κ1) is 21.9. The maximum atomic E-state index is 13.1. The molecule has 0 N–H and O–H groups in total. The highest BCUT2D eigenvalue weighted by atomic mass is 35.5. The molecule has 1 fully saturated rings. The van der Waals surface area contributed by atoms with Gasteiger partial charge < -0.3 is 4.74 Å². The second-order valence-corrected chi connectivity index (χ2v) is 9.20. The Bertz CT molecular complexity index is 1310. The Morgan fingerprint density at radius 3 is 2.58 bits per heavy atom. The molecule has 0 aliphatic carbocycles. The van der Waals surface area contributed by atoms with Gasteiger partial charge >= 0.3 is 0 Å². The van der Waals surface area contributed by atoms with E-state index in [9.17, 15) is 4.79 Å². The van der Waals surface area contributed by atoms with Crippen LogP contribution >= 0.6 is 23.2 Å². The standard InChI is InChI=1S/C22H21Cl2N7O2/c1-22(2-6-33-7-3-22)20-15(13-25-19-11-18(24)29-30(19)20)10-16(32)8-14-9-17(23)21(26-12-14)31-27-4-5-28-31/h4-5,9,11-13H,2-3,6-8,10H2,1H3. The van der Waals surface area contributed by atoms with Crippen molar-refractivity contribution in [1.82, 2.24) is 34.6 Å². The van der Waals surface area contributed by atoms with Gasteiger partial charge in [-0.25, -0.2) is 14.5 Å². The SMILES string of the molecule is CC1(c2c(CC(=O)Cc3cnc(-n4nccn4)c(Cl)c3)cnc3cc(Cl)nn23)CCOCC1. The first-order valence-corrected chi connectivity index (χ1v) is 11.3. The van der Waals surface area contributed by atoms with E-state index in [1.165, 1.54) is 4.80 Å². The molecule has 11 heteroatoms. The molecule has 0 amide bonds. The summed E-state index contributed by atoms with van der Waals surface area (Å²) in [5.41, 5.74) is 2.99. The molecular weight excluding hydrogens is 465 g/mol. The van der Waals surface area contributed by atoms with E-state index in [0.717, 1.165) is 29.7 Å². The summed E-state index contributed by atoms with van der Waals surface area (Å²) in [4.78, 5) is 23.2. The summed E-state index contributed by atoms with van der Waals surface area (Å²) in [6.45, 7) is 3.49. The van der Waals surface area contributed by atoms with Crippen molar-refractivity contribution in [3.05, 3.63) is 63.9 Å². The Morgan fingerprint density at radius 1 is 1.09 bits per heavy atom. The molecule has 4 aromatic rings. The van der Waals surface area contributed by atoms with Gasteiger partial charge in [0.1, 0.15) is 5.78 Å². The number of halogens is 2. The van der Waals surface area contributed by atoms with E-state index in [0.29, 0.717) is 34.9 Å². The van der Waals surface area contributed by atoms with E-state index < -0.39 is 0 Å². The van der Waals surface area contributed by atoms with Gasteiger partial charge in [0.05, 0.1) is 23.1 Å². The molecule has 0 unspecified atom stereocenters. The number of aromatic nitrogens is 7. The van der Waals surface area contributed by atoms with E-state index >= 15 is 0 Å². The minimum absolute atomic E-state index is 0.0224. The number of pyridine rings is 1. The van der Waals surface area contributed by atoms with Crippen molar-refractivity contribution in [2.75, 3.05) is 13.2 Å². The number of hydrogen-bond donors (Lipinski definition) is 0. The summed E-state index contributed by atoms with van der Waals surface area (Å²) in [6.07, 6.45) is 8.54. The van der Waals surface area contributed by atoms with Crippen LogP contribution in [0, 0.1) is 0 Å². The van der Waals surface area contributed by atoms with Crippen molar-refractivity contribution in [3.63, 3.8) is 0 Å². The lowest BCUT2D eigenvalue weighted by Gasteiger charge is -2.35. The first-order chi connectivity index (χ1) is 15.9. The highest BCUT2D eigenvalue weighted by molar-refractivity contribution is 6.32.